The van der Waals surface area contributed by atoms with Gasteiger partial charge >= 0.3 is 5.97 Å². The Morgan fingerprint density at radius 3 is 2.04 bits per heavy atom. The molecule has 1 aromatic rings. The van der Waals surface area contributed by atoms with Crippen LogP contribution < -0.4 is 26.6 Å². The van der Waals surface area contributed by atoms with Crippen LogP contribution in [0.3, 0.4) is 0 Å². The van der Waals surface area contributed by atoms with Crippen molar-refractivity contribution in [2.75, 3.05) is 18.9 Å². The molecule has 2 rings (SSSR count). The molecule has 50 heavy (non-hydrogen) atoms. The second-order valence-electron chi connectivity index (χ2n) is 13.1. The number of nitrogens with zero attached hydrogens (tertiary/aromatic N) is 1. The van der Waals surface area contributed by atoms with Gasteiger partial charge in [-0.05, 0) is 25.2 Å². The maximum absolute atomic E-state index is 13.8. The molecule has 2 heterocycles. The summed E-state index contributed by atoms with van der Waals surface area (Å²) in [4.78, 5) is 71.8. The van der Waals surface area contributed by atoms with Crippen LogP contribution in [-0.2, 0) is 35.1 Å². The van der Waals surface area contributed by atoms with E-state index < -0.39 is 109 Å². The molecular formula is C30H51N7O12S. The molecule has 1 fully saturated rings. The molecule has 4 amide bonds. The number of aliphatic hydroxyl groups is 5. The number of thiol groups is 1. The third-order valence-electron chi connectivity index (χ3n) is 8.02. The number of H-pyrrole nitrogens is 1. The van der Waals surface area contributed by atoms with E-state index >= 15 is 0 Å². The zero-order valence-corrected chi connectivity index (χ0v) is 29.5. The third kappa shape index (κ3) is 12.1. The zero-order chi connectivity index (χ0) is 37.9. The van der Waals surface area contributed by atoms with Gasteiger partial charge in [0.05, 0.1) is 31.6 Å². The van der Waals surface area contributed by atoms with Crippen LogP contribution in [0.2, 0.25) is 0 Å². The monoisotopic (exact) mass is 733 g/mol. The standard InChI is InChI=1S/C30H51N7O12S/c1-13(2)6-17(26(43)37-22(15(5)38)28(45)36-19(10-50)29(46)47)34-25(42)18(7-16-8-31-12-33-16)35-27(44)21(14(3)4)32-11-30(48)24(41)23(40)20(39)9-49-30/h8,12-15,17-24,32,38-41,48,50H,6-7,9-11H2,1-5H3,(H,31,33)(H,34,42)(H,35,44)(H,36,45)(H,37,43)(H,46,47)/t15-,17+,18+,19+,20+,21+,22+,23+,24-,30+/m1/s1. The van der Waals surface area contributed by atoms with Crippen LogP contribution in [0.5, 0.6) is 0 Å². The number of aromatic nitrogens is 2. The number of nitrogens with one attached hydrogen (secondary N) is 6. The lowest BCUT2D eigenvalue weighted by atomic mass is 9.95. The van der Waals surface area contributed by atoms with Gasteiger partial charge in [0.1, 0.15) is 42.5 Å². The van der Waals surface area contributed by atoms with E-state index in [1.54, 1.807) is 27.7 Å². The average Bonchev–Trinajstić information content (AvgIpc) is 3.55. The fraction of sp³-hybridized carbons (Fsp3) is 0.733. The minimum absolute atomic E-state index is 0.0719. The predicted molar refractivity (Wildman–Crippen MR) is 178 cm³/mol. The highest BCUT2D eigenvalue weighted by molar-refractivity contribution is 7.80. The largest absolute Gasteiger partial charge is 0.480 e. The molecule has 0 unspecified atom stereocenters. The Morgan fingerprint density at radius 2 is 1.52 bits per heavy atom. The number of aromatic amines is 1. The summed E-state index contributed by atoms with van der Waals surface area (Å²) < 4.78 is 5.17. The van der Waals surface area contributed by atoms with E-state index in [-0.39, 0.29) is 24.5 Å². The molecule has 0 aliphatic carbocycles. The number of rotatable bonds is 19. The van der Waals surface area contributed by atoms with Gasteiger partial charge in [-0.15, -0.1) is 0 Å². The number of hydrogen-bond acceptors (Lipinski definition) is 14. The highest BCUT2D eigenvalue weighted by Gasteiger charge is 2.49. The minimum atomic E-state index is -2.35. The molecule has 1 aliphatic heterocycles. The Balaban J connectivity index is 2.27. The van der Waals surface area contributed by atoms with Crippen molar-refractivity contribution >= 4 is 42.2 Å². The van der Waals surface area contributed by atoms with E-state index in [1.165, 1.54) is 19.4 Å². The summed E-state index contributed by atoms with van der Waals surface area (Å²) >= 11 is 3.90. The minimum Gasteiger partial charge on any atom is -0.480 e. The number of carboxylic acids is 1. The van der Waals surface area contributed by atoms with Crippen molar-refractivity contribution in [1.82, 2.24) is 36.6 Å². The normalized spacial score (nSPS) is 24.4. The summed E-state index contributed by atoms with van der Waals surface area (Å²) in [5, 5.41) is 73.0. The van der Waals surface area contributed by atoms with Crippen LogP contribution in [0, 0.1) is 11.8 Å². The lowest BCUT2D eigenvalue weighted by Gasteiger charge is -2.42. The Bertz CT molecular complexity index is 1290. The van der Waals surface area contributed by atoms with E-state index in [0.717, 1.165) is 0 Å². The van der Waals surface area contributed by atoms with Crippen LogP contribution in [-0.4, -0.2) is 150 Å². The third-order valence-corrected chi connectivity index (χ3v) is 8.39. The molecule has 0 spiro atoms. The smallest absolute Gasteiger partial charge is 0.327 e. The van der Waals surface area contributed by atoms with Crippen molar-refractivity contribution < 1.29 is 59.3 Å². The first kappa shape index (κ1) is 42.8. The van der Waals surface area contributed by atoms with Crippen molar-refractivity contribution in [3.63, 3.8) is 0 Å². The molecule has 1 aromatic heterocycles. The molecule has 1 saturated heterocycles. The number of imidazole rings is 1. The van der Waals surface area contributed by atoms with Gasteiger partial charge in [-0.2, -0.15) is 12.6 Å². The highest BCUT2D eigenvalue weighted by atomic mass is 32.1. The summed E-state index contributed by atoms with van der Waals surface area (Å²) in [7, 11) is 0. The molecule has 0 bridgehead atoms. The summed E-state index contributed by atoms with van der Waals surface area (Å²) in [6, 6.07) is -6.62. The first-order valence-electron chi connectivity index (χ1n) is 16.2. The van der Waals surface area contributed by atoms with Gasteiger partial charge in [0, 0.05) is 24.1 Å². The van der Waals surface area contributed by atoms with E-state index in [2.05, 4.69) is 49.2 Å². The van der Waals surface area contributed by atoms with Gasteiger partial charge in [0.2, 0.25) is 29.4 Å². The van der Waals surface area contributed by atoms with Crippen molar-refractivity contribution in [1.29, 1.82) is 0 Å². The molecule has 12 N–H and O–H groups in total. The molecule has 19 nitrogen and oxygen atoms in total. The van der Waals surface area contributed by atoms with Crippen molar-refractivity contribution in [2.45, 2.75) is 108 Å². The highest BCUT2D eigenvalue weighted by Crippen LogP contribution is 2.24. The predicted octanol–water partition coefficient (Wildman–Crippen LogP) is -4.25. The number of carboxylic acid groups (broad SMARTS) is 1. The number of ether oxygens (including phenoxy) is 1. The van der Waals surface area contributed by atoms with Crippen molar-refractivity contribution in [2.24, 2.45) is 11.8 Å². The molecule has 0 aromatic carbocycles. The van der Waals surface area contributed by atoms with Crippen LogP contribution in [0.4, 0.5) is 0 Å². The Morgan fingerprint density at radius 1 is 0.940 bits per heavy atom. The molecule has 0 radical (unpaired) electrons. The van der Waals surface area contributed by atoms with Gasteiger partial charge in [-0.3, -0.25) is 19.2 Å². The number of aliphatic hydroxyl groups excluding tert-OH is 4. The molecule has 20 heteroatoms. The first-order valence-corrected chi connectivity index (χ1v) is 16.8. The van der Waals surface area contributed by atoms with Crippen LogP contribution >= 0.6 is 12.6 Å². The average molecular weight is 734 g/mol. The Kier molecular flexibility index (Phi) is 16.5. The number of aliphatic carboxylic acids is 1. The number of amides is 4. The molecule has 10 atom stereocenters. The molecule has 0 saturated carbocycles. The molecule has 1 aliphatic rings. The SMILES string of the molecule is CC(C)C[C@H](NC(=O)[C@H](Cc1cnc[nH]1)NC(=O)[C@@H](NC[C@]1(O)OC[C@H](O)[C@H](O)[C@H]1O)C(C)C)C(=O)N[C@H](C(=O)N[C@@H](CS)C(=O)O)[C@@H](C)O. The number of carbonyl (C=O) groups excluding carboxylic acids is 4. The molecular weight excluding hydrogens is 682 g/mol. The summed E-state index contributed by atoms with van der Waals surface area (Å²) in [5.41, 5.74) is 0.452. The van der Waals surface area contributed by atoms with Crippen molar-refractivity contribution in [3.8, 4) is 0 Å². The zero-order valence-electron chi connectivity index (χ0n) is 28.6. The second-order valence-corrected chi connectivity index (χ2v) is 13.5. The van der Waals surface area contributed by atoms with Crippen LogP contribution in [0.1, 0.15) is 46.7 Å². The van der Waals surface area contributed by atoms with Gasteiger partial charge in [-0.1, -0.05) is 27.7 Å². The number of carbonyl (C=O) groups is 5. The van der Waals surface area contributed by atoms with E-state index in [0.29, 0.717) is 5.69 Å². The van der Waals surface area contributed by atoms with Crippen molar-refractivity contribution in [3.05, 3.63) is 18.2 Å². The fourth-order valence-electron chi connectivity index (χ4n) is 5.10. The van der Waals surface area contributed by atoms with E-state index in [9.17, 15) is 54.6 Å². The lowest BCUT2D eigenvalue weighted by molar-refractivity contribution is -0.318. The molecule has 284 valence electrons. The van der Waals surface area contributed by atoms with Gasteiger partial charge < -0.3 is 66.9 Å². The first-order chi connectivity index (χ1) is 23.3. The van der Waals surface area contributed by atoms with E-state index in [1.807, 2.05) is 0 Å². The van der Waals surface area contributed by atoms with Crippen LogP contribution in [0.15, 0.2) is 12.5 Å². The van der Waals surface area contributed by atoms with Gasteiger partial charge in [-0.25, -0.2) is 9.78 Å². The summed E-state index contributed by atoms with van der Waals surface area (Å²) in [6.07, 6.45) is -3.74. The van der Waals surface area contributed by atoms with E-state index in [4.69, 9.17) is 4.74 Å². The summed E-state index contributed by atoms with van der Waals surface area (Å²) in [6.45, 7) is 7.10. The lowest BCUT2D eigenvalue weighted by Crippen LogP contribution is -2.66. The van der Waals surface area contributed by atoms with Gasteiger partial charge in [0.15, 0.2) is 0 Å². The number of hydrogen-bond donors (Lipinski definition) is 13. The summed E-state index contributed by atoms with van der Waals surface area (Å²) in [5.74, 6) is -7.93. The van der Waals surface area contributed by atoms with Crippen LogP contribution in [0.25, 0.3) is 0 Å². The maximum Gasteiger partial charge on any atom is 0.327 e. The fourth-order valence-corrected chi connectivity index (χ4v) is 5.35. The Hall–Kier alpha value is -3.37. The maximum atomic E-state index is 13.8. The Labute approximate surface area is 294 Å². The van der Waals surface area contributed by atoms with Gasteiger partial charge in [0.25, 0.3) is 0 Å². The topological polar surface area (TPSA) is 305 Å². The second kappa shape index (κ2) is 19.3. The quantitative estimate of drug-likeness (QED) is 0.0600.